The number of aromatic nitrogens is 2. The largest absolute Gasteiger partial charge is 0.497 e. The molecule has 1 saturated heterocycles. The van der Waals surface area contributed by atoms with Gasteiger partial charge in [0.15, 0.2) is 0 Å². The van der Waals surface area contributed by atoms with Gasteiger partial charge in [0, 0.05) is 11.1 Å². The minimum absolute atomic E-state index is 0.0804. The second-order valence-corrected chi connectivity index (χ2v) is 5.99. The quantitative estimate of drug-likeness (QED) is 0.690. The number of methoxy groups -OCH3 is 2. The van der Waals surface area contributed by atoms with Gasteiger partial charge in [0.05, 0.1) is 46.9 Å². The zero-order valence-corrected chi connectivity index (χ0v) is 15.1. The molecule has 2 aromatic carbocycles. The van der Waals surface area contributed by atoms with E-state index < -0.39 is 5.79 Å². The molecule has 0 unspecified atom stereocenters. The van der Waals surface area contributed by atoms with Crippen molar-refractivity contribution in [3.63, 3.8) is 0 Å². The van der Waals surface area contributed by atoms with E-state index >= 15 is 0 Å². The highest BCUT2D eigenvalue weighted by Crippen LogP contribution is 2.38. The molecule has 3 aromatic rings. The van der Waals surface area contributed by atoms with Crippen molar-refractivity contribution in [1.29, 1.82) is 0 Å². The first-order valence-electron chi connectivity index (χ1n) is 9.07. The average Bonchev–Trinajstić information content (AvgIpc) is 3.25. The second kappa shape index (κ2) is 7.34. The first-order valence-corrected chi connectivity index (χ1v) is 8.57. The number of hydrogen-bond acceptors (Lipinski definition) is 6. The summed E-state index contributed by atoms with van der Waals surface area (Å²) in [6.07, 6.45) is 1.61. The Morgan fingerprint density at radius 3 is 2.11 bits per heavy atom. The molecule has 0 amide bonds. The Hall–Kier alpha value is -2.96. The smallest absolute Gasteiger partial charge is 0.241 e. The zero-order valence-electron chi connectivity index (χ0n) is 16.1. The van der Waals surface area contributed by atoms with Crippen molar-refractivity contribution in [2.45, 2.75) is 5.79 Å². The monoisotopic (exact) mass is 365 g/mol. The molecular formula is C21H20N2O4. The van der Waals surface area contributed by atoms with Crippen molar-refractivity contribution in [1.82, 2.24) is 9.97 Å². The highest BCUT2D eigenvalue weighted by molar-refractivity contribution is 5.59. The highest BCUT2D eigenvalue weighted by atomic mass is 16.7. The molecule has 0 bridgehead atoms. The normalized spacial score (nSPS) is 16.0. The summed E-state index contributed by atoms with van der Waals surface area (Å²) in [6, 6.07) is 14.8. The predicted molar refractivity (Wildman–Crippen MR) is 99.7 cm³/mol. The third-order valence-electron chi connectivity index (χ3n) is 4.45. The van der Waals surface area contributed by atoms with Crippen LogP contribution in [0.15, 0.2) is 60.9 Å². The van der Waals surface area contributed by atoms with E-state index in [1.807, 2.05) is 48.5 Å². The topological polar surface area (TPSA) is 62.7 Å². The molecular weight excluding hydrogens is 344 g/mol. The standard InChI is InChI=1S/C21H20N2O4/c1-24-17-7-3-15(4-8-17)19-13-22-14-20(23-19)21(26-11-12-27-21)16-5-9-18(25-2)10-6-16/h3-10,13-14H,11-12H2,1-2H3/i13D. The van der Waals surface area contributed by atoms with Crippen LogP contribution in [0.4, 0.5) is 0 Å². The fourth-order valence-corrected chi connectivity index (χ4v) is 3.05. The number of nitrogens with zero attached hydrogens (tertiary/aromatic N) is 2. The maximum atomic E-state index is 8.19. The molecule has 1 aliphatic heterocycles. The summed E-state index contributed by atoms with van der Waals surface area (Å²) < 4.78 is 30.6. The van der Waals surface area contributed by atoms with E-state index in [1.165, 1.54) is 6.20 Å². The Bertz CT molecular complexity index is 955. The molecule has 0 aliphatic carbocycles. The molecule has 0 spiro atoms. The van der Waals surface area contributed by atoms with Crippen LogP contribution >= 0.6 is 0 Å². The Balaban J connectivity index is 1.79. The molecule has 0 N–H and O–H groups in total. The molecule has 27 heavy (non-hydrogen) atoms. The van der Waals surface area contributed by atoms with Gasteiger partial charge >= 0.3 is 0 Å². The van der Waals surface area contributed by atoms with Crippen molar-refractivity contribution in [3.05, 3.63) is 72.2 Å². The number of ether oxygens (including phenoxy) is 4. The summed E-state index contributed by atoms with van der Waals surface area (Å²) in [5, 5.41) is 0. The lowest BCUT2D eigenvalue weighted by atomic mass is 10.0. The lowest BCUT2D eigenvalue weighted by molar-refractivity contribution is -0.133. The summed E-state index contributed by atoms with van der Waals surface area (Å²) in [5.41, 5.74) is 2.51. The Morgan fingerprint density at radius 1 is 0.926 bits per heavy atom. The van der Waals surface area contributed by atoms with Crippen LogP contribution in [0.25, 0.3) is 11.3 Å². The lowest BCUT2D eigenvalue weighted by Gasteiger charge is -2.27. The minimum Gasteiger partial charge on any atom is -0.497 e. The maximum Gasteiger partial charge on any atom is 0.241 e. The van der Waals surface area contributed by atoms with Crippen molar-refractivity contribution in [2.24, 2.45) is 0 Å². The zero-order chi connectivity index (χ0) is 19.6. The number of rotatable bonds is 5. The van der Waals surface area contributed by atoms with E-state index in [0.29, 0.717) is 24.6 Å². The molecule has 1 aromatic heterocycles. The summed E-state index contributed by atoms with van der Waals surface area (Å²) in [7, 11) is 3.23. The van der Waals surface area contributed by atoms with Gasteiger partial charge in [0.1, 0.15) is 17.2 Å². The number of benzene rings is 2. The summed E-state index contributed by atoms with van der Waals surface area (Å²) in [4.78, 5) is 8.93. The van der Waals surface area contributed by atoms with E-state index in [-0.39, 0.29) is 6.17 Å². The van der Waals surface area contributed by atoms with Gasteiger partial charge in [-0.15, -0.1) is 0 Å². The van der Waals surface area contributed by atoms with Gasteiger partial charge in [0.2, 0.25) is 5.79 Å². The lowest BCUT2D eigenvalue weighted by Crippen LogP contribution is -2.30. The van der Waals surface area contributed by atoms with Crippen molar-refractivity contribution in [2.75, 3.05) is 27.4 Å². The first kappa shape index (κ1) is 16.2. The van der Waals surface area contributed by atoms with Crippen LogP contribution in [0.5, 0.6) is 11.5 Å². The summed E-state index contributed by atoms with van der Waals surface area (Å²) >= 11 is 0. The fraction of sp³-hybridized carbons (Fsp3) is 0.238. The van der Waals surface area contributed by atoms with E-state index in [2.05, 4.69) is 4.98 Å². The number of hydrogen-bond donors (Lipinski definition) is 0. The van der Waals surface area contributed by atoms with Crippen LogP contribution < -0.4 is 9.47 Å². The van der Waals surface area contributed by atoms with E-state index in [4.69, 9.17) is 25.3 Å². The molecule has 6 heteroatoms. The van der Waals surface area contributed by atoms with Crippen LogP contribution in [0, 0.1) is 0 Å². The Labute approximate surface area is 159 Å². The van der Waals surface area contributed by atoms with Gasteiger partial charge in [0.25, 0.3) is 0 Å². The molecule has 6 nitrogen and oxygen atoms in total. The maximum absolute atomic E-state index is 8.19. The van der Waals surface area contributed by atoms with Gasteiger partial charge in [-0.3, -0.25) is 4.98 Å². The first-order chi connectivity index (χ1) is 13.7. The van der Waals surface area contributed by atoms with Crippen LogP contribution in [0.2, 0.25) is 0 Å². The van der Waals surface area contributed by atoms with Gasteiger partial charge in [-0.1, -0.05) is 0 Å². The molecule has 0 saturated carbocycles. The van der Waals surface area contributed by atoms with Crippen LogP contribution in [0.1, 0.15) is 12.6 Å². The van der Waals surface area contributed by atoms with Crippen molar-refractivity contribution < 1.29 is 20.3 Å². The fourth-order valence-electron chi connectivity index (χ4n) is 3.05. The summed E-state index contributed by atoms with van der Waals surface area (Å²) in [6.45, 7) is 0.877. The predicted octanol–water partition coefficient (Wildman–Crippen LogP) is 3.41. The van der Waals surface area contributed by atoms with Gasteiger partial charge in [-0.05, 0) is 48.5 Å². The molecule has 1 fully saturated rings. The van der Waals surface area contributed by atoms with Crippen LogP contribution in [-0.2, 0) is 15.3 Å². The van der Waals surface area contributed by atoms with Gasteiger partial charge in [-0.2, -0.15) is 0 Å². The molecule has 4 rings (SSSR count). The van der Waals surface area contributed by atoms with E-state index in [9.17, 15) is 0 Å². The van der Waals surface area contributed by atoms with E-state index in [0.717, 1.165) is 22.6 Å². The van der Waals surface area contributed by atoms with Gasteiger partial charge < -0.3 is 18.9 Å². The van der Waals surface area contributed by atoms with Crippen LogP contribution in [-0.4, -0.2) is 37.4 Å². The van der Waals surface area contributed by atoms with Gasteiger partial charge in [-0.25, -0.2) is 4.98 Å². The third-order valence-corrected chi connectivity index (χ3v) is 4.45. The van der Waals surface area contributed by atoms with E-state index in [1.54, 1.807) is 14.2 Å². The Morgan fingerprint density at radius 2 is 1.52 bits per heavy atom. The molecule has 2 heterocycles. The Kier molecular flexibility index (Phi) is 4.41. The molecule has 1 aliphatic rings. The van der Waals surface area contributed by atoms with Crippen molar-refractivity contribution >= 4 is 0 Å². The minimum atomic E-state index is -1.16. The second-order valence-electron chi connectivity index (χ2n) is 5.99. The van der Waals surface area contributed by atoms with Crippen molar-refractivity contribution in [3.8, 4) is 22.8 Å². The third kappa shape index (κ3) is 3.25. The SMILES string of the molecule is [2H]c1ncc(C2(c3ccc(OC)cc3)OCCO2)nc1-c1ccc(OC)cc1. The molecule has 138 valence electrons. The van der Waals surface area contributed by atoms with Crippen LogP contribution in [0.3, 0.4) is 0 Å². The molecule has 0 radical (unpaired) electrons. The summed E-state index contributed by atoms with van der Waals surface area (Å²) in [5.74, 6) is 0.314. The highest BCUT2D eigenvalue weighted by Gasteiger charge is 2.42. The molecule has 0 atom stereocenters. The average molecular weight is 365 g/mol.